The molecule has 2 rings (SSSR count). The second kappa shape index (κ2) is 7.50. The smallest absolute Gasteiger partial charge is 0.326 e. The van der Waals surface area contributed by atoms with Crippen LogP contribution in [0.5, 0.6) is 0 Å². The molecule has 0 bridgehead atoms. The van der Waals surface area contributed by atoms with Gasteiger partial charge in [0.05, 0.1) is 11.9 Å². The molecule has 8 nitrogen and oxygen atoms in total. The summed E-state index contributed by atoms with van der Waals surface area (Å²) in [5, 5.41) is 19.2. The number of hydrogen-bond acceptors (Lipinski definition) is 5. The molecule has 1 heterocycles. The molecule has 0 spiro atoms. The van der Waals surface area contributed by atoms with E-state index in [1.54, 1.807) is 0 Å². The van der Waals surface area contributed by atoms with Gasteiger partial charge in [0.15, 0.2) is 5.69 Å². The fourth-order valence-corrected chi connectivity index (χ4v) is 1.92. The highest BCUT2D eigenvalue weighted by atomic mass is 16.5. The van der Waals surface area contributed by atoms with Crippen LogP contribution < -0.4 is 5.32 Å². The quantitative estimate of drug-likeness (QED) is 0.782. The lowest BCUT2D eigenvalue weighted by Crippen LogP contribution is -2.41. The number of aliphatic carboxylic acids is 1. The van der Waals surface area contributed by atoms with Gasteiger partial charge in [0.1, 0.15) is 6.04 Å². The Bertz CT molecular complexity index is 681. The number of benzene rings is 1. The Morgan fingerprint density at radius 2 is 2.04 bits per heavy atom. The van der Waals surface area contributed by atoms with E-state index in [-0.39, 0.29) is 18.7 Å². The van der Waals surface area contributed by atoms with E-state index < -0.39 is 17.9 Å². The Balaban J connectivity index is 2.08. The Hall–Kier alpha value is -2.74. The van der Waals surface area contributed by atoms with Crippen molar-refractivity contribution in [2.24, 2.45) is 0 Å². The molecule has 0 aliphatic rings. The van der Waals surface area contributed by atoms with Crippen LogP contribution in [-0.4, -0.2) is 51.7 Å². The highest BCUT2D eigenvalue weighted by Crippen LogP contribution is 2.08. The molecule has 1 atom stereocenters. The molecule has 2 N–H and O–H groups in total. The van der Waals surface area contributed by atoms with E-state index >= 15 is 0 Å². The summed E-state index contributed by atoms with van der Waals surface area (Å²) in [4.78, 5) is 23.2. The molecule has 0 saturated heterocycles. The van der Waals surface area contributed by atoms with Gasteiger partial charge in [-0.05, 0) is 19.1 Å². The molecular weight excluding hydrogens is 300 g/mol. The number of ether oxygens (including phenoxy) is 1. The minimum atomic E-state index is -1.12. The van der Waals surface area contributed by atoms with Crippen molar-refractivity contribution in [1.29, 1.82) is 0 Å². The summed E-state index contributed by atoms with van der Waals surface area (Å²) in [5.41, 5.74) is 1.92. The predicted octanol–water partition coefficient (Wildman–Crippen LogP) is 0.795. The molecule has 23 heavy (non-hydrogen) atoms. The van der Waals surface area contributed by atoms with Crippen LogP contribution in [-0.2, 0) is 9.53 Å². The SMILES string of the molecule is COCCC(NC(=O)c1cn(-c2ccc(C)cc2)nn1)C(=O)O. The molecule has 0 fully saturated rings. The Labute approximate surface area is 133 Å². The maximum Gasteiger partial charge on any atom is 0.326 e. The molecular formula is C15H18N4O4. The molecule has 8 heteroatoms. The first-order valence-corrected chi connectivity index (χ1v) is 7.03. The number of carboxylic acid groups (broad SMARTS) is 1. The monoisotopic (exact) mass is 318 g/mol. The van der Waals surface area contributed by atoms with Crippen LogP contribution >= 0.6 is 0 Å². The third-order valence-electron chi connectivity index (χ3n) is 3.24. The zero-order chi connectivity index (χ0) is 16.8. The van der Waals surface area contributed by atoms with Crippen molar-refractivity contribution >= 4 is 11.9 Å². The average molecular weight is 318 g/mol. The van der Waals surface area contributed by atoms with Crippen molar-refractivity contribution in [3.63, 3.8) is 0 Å². The van der Waals surface area contributed by atoms with Gasteiger partial charge in [0.2, 0.25) is 0 Å². The molecule has 0 aliphatic carbocycles. The number of carbonyl (C=O) groups is 2. The average Bonchev–Trinajstić information content (AvgIpc) is 3.01. The molecule has 0 radical (unpaired) electrons. The minimum absolute atomic E-state index is 0.0502. The zero-order valence-electron chi connectivity index (χ0n) is 12.9. The highest BCUT2D eigenvalue weighted by Gasteiger charge is 2.22. The van der Waals surface area contributed by atoms with Crippen LogP contribution in [0, 0.1) is 6.92 Å². The van der Waals surface area contributed by atoms with Crippen LogP contribution in [0.4, 0.5) is 0 Å². The first-order valence-electron chi connectivity index (χ1n) is 7.03. The number of amides is 1. The maximum atomic E-state index is 12.1. The summed E-state index contributed by atoms with van der Waals surface area (Å²) in [6.07, 6.45) is 1.62. The largest absolute Gasteiger partial charge is 0.480 e. The maximum absolute atomic E-state index is 12.1. The topological polar surface area (TPSA) is 106 Å². The lowest BCUT2D eigenvalue weighted by Gasteiger charge is -2.12. The second-order valence-electron chi connectivity index (χ2n) is 5.03. The van der Waals surface area contributed by atoms with E-state index in [0.717, 1.165) is 11.3 Å². The number of aromatic nitrogens is 3. The molecule has 0 saturated carbocycles. The number of nitrogens with zero attached hydrogens (tertiary/aromatic N) is 3. The third-order valence-corrected chi connectivity index (χ3v) is 3.24. The van der Waals surface area contributed by atoms with Gasteiger partial charge >= 0.3 is 5.97 Å². The zero-order valence-corrected chi connectivity index (χ0v) is 12.9. The summed E-state index contributed by atoms with van der Waals surface area (Å²) >= 11 is 0. The molecule has 1 unspecified atom stereocenters. The van der Waals surface area contributed by atoms with Crippen molar-refractivity contribution in [1.82, 2.24) is 20.3 Å². The summed E-state index contributed by atoms with van der Waals surface area (Å²) in [5.74, 6) is -1.71. The fourth-order valence-electron chi connectivity index (χ4n) is 1.92. The normalized spacial score (nSPS) is 11.9. The molecule has 2 aromatic rings. The van der Waals surface area contributed by atoms with Crippen molar-refractivity contribution in [3.05, 3.63) is 41.7 Å². The number of carbonyl (C=O) groups excluding carboxylic acids is 1. The minimum Gasteiger partial charge on any atom is -0.480 e. The van der Waals surface area contributed by atoms with Gasteiger partial charge in [-0.3, -0.25) is 4.79 Å². The predicted molar refractivity (Wildman–Crippen MR) is 81.5 cm³/mol. The van der Waals surface area contributed by atoms with Crippen molar-refractivity contribution in [2.75, 3.05) is 13.7 Å². The lowest BCUT2D eigenvalue weighted by molar-refractivity contribution is -0.139. The highest BCUT2D eigenvalue weighted by molar-refractivity contribution is 5.94. The Morgan fingerprint density at radius 1 is 1.35 bits per heavy atom. The van der Waals surface area contributed by atoms with Crippen LogP contribution in [0.1, 0.15) is 22.5 Å². The summed E-state index contributed by atoms with van der Waals surface area (Å²) in [6, 6.07) is 6.51. The molecule has 1 amide bonds. The van der Waals surface area contributed by atoms with Crippen LogP contribution in [0.2, 0.25) is 0 Å². The van der Waals surface area contributed by atoms with Gasteiger partial charge in [-0.1, -0.05) is 22.9 Å². The van der Waals surface area contributed by atoms with Crippen LogP contribution in [0.15, 0.2) is 30.5 Å². The van der Waals surface area contributed by atoms with Gasteiger partial charge in [-0.15, -0.1) is 5.10 Å². The Kier molecular flexibility index (Phi) is 5.42. The van der Waals surface area contributed by atoms with Crippen molar-refractivity contribution in [3.8, 4) is 5.69 Å². The fraction of sp³-hybridized carbons (Fsp3) is 0.333. The molecule has 1 aromatic heterocycles. The number of methoxy groups -OCH3 is 1. The summed E-state index contributed by atoms with van der Waals surface area (Å²) < 4.78 is 6.29. The number of hydrogen-bond donors (Lipinski definition) is 2. The standard InChI is InChI=1S/C15H18N4O4/c1-10-3-5-11(6-4-10)19-9-13(17-18-19)14(20)16-12(15(21)22)7-8-23-2/h3-6,9,12H,7-8H2,1-2H3,(H,16,20)(H,21,22). The number of carboxylic acids is 1. The van der Waals surface area contributed by atoms with E-state index in [1.165, 1.54) is 18.0 Å². The van der Waals surface area contributed by atoms with Crippen LogP contribution in [0.3, 0.4) is 0 Å². The third kappa shape index (κ3) is 4.36. The van der Waals surface area contributed by atoms with Crippen LogP contribution in [0.25, 0.3) is 5.69 Å². The van der Waals surface area contributed by atoms with Gasteiger partial charge in [-0.25, -0.2) is 9.48 Å². The summed E-state index contributed by atoms with van der Waals surface area (Å²) in [7, 11) is 1.47. The van der Waals surface area contributed by atoms with Gasteiger partial charge in [0, 0.05) is 20.1 Å². The van der Waals surface area contributed by atoms with E-state index in [9.17, 15) is 9.59 Å². The van der Waals surface area contributed by atoms with E-state index in [0.29, 0.717) is 0 Å². The van der Waals surface area contributed by atoms with E-state index in [1.807, 2.05) is 31.2 Å². The number of rotatable bonds is 7. The van der Waals surface area contributed by atoms with Crippen molar-refractivity contribution < 1.29 is 19.4 Å². The number of nitrogens with one attached hydrogen (secondary N) is 1. The van der Waals surface area contributed by atoms with Gasteiger partial charge in [-0.2, -0.15) is 0 Å². The Morgan fingerprint density at radius 3 is 2.65 bits per heavy atom. The molecule has 122 valence electrons. The second-order valence-corrected chi connectivity index (χ2v) is 5.03. The van der Waals surface area contributed by atoms with E-state index in [2.05, 4.69) is 15.6 Å². The number of aryl methyl sites for hydroxylation is 1. The summed E-state index contributed by atoms with van der Waals surface area (Å²) in [6.45, 7) is 2.20. The van der Waals surface area contributed by atoms with E-state index in [4.69, 9.17) is 9.84 Å². The lowest BCUT2D eigenvalue weighted by atomic mass is 10.2. The molecule has 0 aliphatic heterocycles. The van der Waals surface area contributed by atoms with Gasteiger partial charge in [0.25, 0.3) is 5.91 Å². The first-order chi connectivity index (χ1) is 11.0. The van der Waals surface area contributed by atoms with Crippen molar-refractivity contribution in [2.45, 2.75) is 19.4 Å². The molecule has 1 aromatic carbocycles. The van der Waals surface area contributed by atoms with Gasteiger partial charge < -0.3 is 15.2 Å². The first kappa shape index (κ1) is 16.6.